The second-order valence-corrected chi connectivity index (χ2v) is 3.49. The van der Waals surface area contributed by atoms with Crippen LogP contribution in [0.4, 0.5) is 0 Å². The zero-order chi connectivity index (χ0) is 9.14. The van der Waals surface area contributed by atoms with Gasteiger partial charge in [-0.2, -0.15) is 0 Å². The molecule has 0 saturated carbocycles. The third kappa shape index (κ3) is 4.46. The molecule has 0 aromatic rings. The minimum absolute atomic E-state index is 0. The average molecular weight is 245 g/mol. The van der Waals surface area contributed by atoms with Crippen molar-refractivity contribution in [3.63, 3.8) is 0 Å². The summed E-state index contributed by atoms with van der Waals surface area (Å²) in [6.45, 7) is 0.805. The number of carbonyl (C=O) groups is 1. The first-order chi connectivity index (χ1) is 5.61. The minimum Gasteiger partial charge on any atom is -0.480 e. The number of rotatable bonds is 2. The van der Waals surface area contributed by atoms with E-state index in [9.17, 15) is 4.79 Å². The molecule has 0 aromatic heterocycles. The van der Waals surface area contributed by atoms with Crippen LogP contribution in [0.25, 0.3) is 0 Å². The Balaban J connectivity index is 0. The predicted molar refractivity (Wildman–Crippen MR) is 60.6 cm³/mol. The number of nitrogens with one attached hydrogen (secondary N) is 1. The van der Waals surface area contributed by atoms with Gasteiger partial charge >= 0.3 is 5.97 Å². The Hall–Kier alpha value is -0.0300. The van der Waals surface area contributed by atoms with Gasteiger partial charge in [0.15, 0.2) is 0 Å². The molecule has 0 aliphatic carbocycles. The van der Waals surface area contributed by atoms with Crippen LogP contribution in [0.1, 0.15) is 12.8 Å². The highest BCUT2D eigenvalue weighted by Crippen LogP contribution is 2.12. The highest BCUT2D eigenvalue weighted by molar-refractivity contribution is 5.85. The lowest BCUT2D eigenvalue weighted by molar-refractivity contribution is -0.140. The van der Waals surface area contributed by atoms with Crippen LogP contribution >= 0.6 is 24.8 Å². The zero-order valence-corrected chi connectivity index (χ0v) is 10.0. The number of nitrogens with zero attached hydrogens (tertiary/aromatic N) is 1. The van der Waals surface area contributed by atoms with E-state index in [0.29, 0.717) is 12.5 Å². The molecule has 1 fully saturated rings. The van der Waals surface area contributed by atoms with E-state index >= 15 is 0 Å². The van der Waals surface area contributed by atoms with E-state index < -0.39 is 5.97 Å². The third-order valence-corrected chi connectivity index (χ3v) is 2.40. The molecule has 1 aliphatic heterocycles. The van der Waals surface area contributed by atoms with Crippen molar-refractivity contribution in [2.24, 2.45) is 0 Å². The summed E-state index contributed by atoms with van der Waals surface area (Å²) in [4.78, 5) is 12.7. The van der Waals surface area contributed by atoms with Crippen molar-refractivity contribution in [1.82, 2.24) is 10.2 Å². The quantitative estimate of drug-likeness (QED) is 0.748. The van der Waals surface area contributed by atoms with E-state index in [4.69, 9.17) is 5.11 Å². The monoisotopic (exact) mass is 244 g/mol. The Morgan fingerprint density at radius 2 is 2.00 bits per heavy atom. The molecular formula is C8H18Cl2N2O2. The number of carboxylic acids is 1. The zero-order valence-electron chi connectivity index (χ0n) is 8.40. The van der Waals surface area contributed by atoms with Gasteiger partial charge in [-0.1, -0.05) is 0 Å². The molecule has 2 atom stereocenters. The van der Waals surface area contributed by atoms with Crippen LogP contribution in [0, 0.1) is 0 Å². The fourth-order valence-corrected chi connectivity index (χ4v) is 1.55. The van der Waals surface area contributed by atoms with Gasteiger partial charge in [-0.25, -0.2) is 0 Å². The van der Waals surface area contributed by atoms with Crippen LogP contribution in [0.2, 0.25) is 0 Å². The highest BCUT2D eigenvalue weighted by atomic mass is 35.5. The first-order valence-electron chi connectivity index (χ1n) is 4.24. The first kappa shape index (κ1) is 16.4. The molecule has 1 aliphatic rings. The van der Waals surface area contributed by atoms with Crippen molar-refractivity contribution in [1.29, 1.82) is 0 Å². The van der Waals surface area contributed by atoms with Crippen molar-refractivity contribution >= 4 is 30.8 Å². The van der Waals surface area contributed by atoms with Crippen molar-refractivity contribution in [3.8, 4) is 0 Å². The molecule has 0 unspecified atom stereocenters. The van der Waals surface area contributed by atoms with Gasteiger partial charge in [0.05, 0.1) is 0 Å². The second-order valence-electron chi connectivity index (χ2n) is 3.49. The van der Waals surface area contributed by atoms with E-state index in [1.807, 2.05) is 14.1 Å². The Labute approximate surface area is 96.9 Å². The molecule has 0 radical (unpaired) electrons. The number of hydrogen-bond acceptors (Lipinski definition) is 3. The number of hydrogen-bond donors (Lipinski definition) is 2. The highest BCUT2D eigenvalue weighted by Gasteiger charge is 2.27. The summed E-state index contributed by atoms with van der Waals surface area (Å²) >= 11 is 0. The van der Waals surface area contributed by atoms with Gasteiger partial charge in [-0.15, -0.1) is 24.8 Å². The van der Waals surface area contributed by atoms with E-state index in [1.165, 1.54) is 0 Å². The topological polar surface area (TPSA) is 52.6 Å². The summed E-state index contributed by atoms with van der Waals surface area (Å²) in [6, 6.07) is 0.0542. The molecule has 86 valence electrons. The SMILES string of the molecule is CN(C)[C@@H]1CCN[C@H](C(=O)O)C1.Cl.Cl. The molecule has 0 amide bonds. The molecule has 0 aromatic carbocycles. The molecule has 14 heavy (non-hydrogen) atoms. The van der Waals surface area contributed by atoms with Crippen LogP contribution in [0.5, 0.6) is 0 Å². The number of carboxylic acid groups (broad SMARTS) is 1. The standard InChI is InChI=1S/C8H16N2O2.2ClH/c1-10(2)6-3-4-9-7(5-6)8(11)12;;/h6-7,9H,3-5H2,1-2H3,(H,11,12);2*1H/t6-,7+;;/m1../s1. The van der Waals surface area contributed by atoms with Crippen molar-refractivity contribution in [3.05, 3.63) is 0 Å². The molecule has 2 N–H and O–H groups in total. The van der Waals surface area contributed by atoms with Gasteiger partial charge in [0, 0.05) is 6.04 Å². The Bertz CT molecular complexity index is 179. The summed E-state index contributed by atoms with van der Waals surface area (Å²) in [5.41, 5.74) is 0. The average Bonchev–Trinajstić information content (AvgIpc) is 2.04. The molecule has 4 nitrogen and oxygen atoms in total. The third-order valence-electron chi connectivity index (χ3n) is 2.40. The van der Waals surface area contributed by atoms with Gasteiger partial charge in [-0.3, -0.25) is 4.79 Å². The van der Waals surface area contributed by atoms with Gasteiger partial charge in [0.2, 0.25) is 0 Å². The number of aliphatic carboxylic acids is 1. The van der Waals surface area contributed by atoms with E-state index in [-0.39, 0.29) is 30.9 Å². The maximum absolute atomic E-state index is 10.6. The molecule has 6 heteroatoms. The fourth-order valence-electron chi connectivity index (χ4n) is 1.55. The Morgan fingerprint density at radius 3 is 2.43 bits per heavy atom. The minimum atomic E-state index is -0.735. The maximum Gasteiger partial charge on any atom is 0.320 e. The maximum atomic E-state index is 10.6. The lowest BCUT2D eigenvalue weighted by Gasteiger charge is -2.32. The largest absolute Gasteiger partial charge is 0.480 e. The predicted octanol–water partition coefficient (Wildman–Crippen LogP) is 0.597. The number of halogens is 2. The summed E-state index contributed by atoms with van der Waals surface area (Å²) in [6.07, 6.45) is 1.75. The van der Waals surface area contributed by atoms with Crippen LogP contribution in [-0.4, -0.2) is 48.7 Å². The van der Waals surface area contributed by atoms with Crippen LogP contribution in [0.3, 0.4) is 0 Å². The lowest BCUT2D eigenvalue weighted by Crippen LogP contribution is -2.49. The fraction of sp³-hybridized carbons (Fsp3) is 0.875. The molecule has 1 heterocycles. The number of piperidine rings is 1. The molecular weight excluding hydrogens is 227 g/mol. The lowest BCUT2D eigenvalue weighted by atomic mass is 9.99. The van der Waals surface area contributed by atoms with Crippen LogP contribution in [0.15, 0.2) is 0 Å². The summed E-state index contributed by atoms with van der Waals surface area (Å²) in [5, 5.41) is 11.7. The molecule has 0 spiro atoms. The van der Waals surface area contributed by atoms with Gasteiger partial charge in [-0.05, 0) is 33.5 Å². The Kier molecular flexibility index (Phi) is 8.54. The molecule has 0 bridgehead atoms. The van der Waals surface area contributed by atoms with Gasteiger partial charge in [0.1, 0.15) is 6.04 Å². The van der Waals surface area contributed by atoms with E-state index in [2.05, 4.69) is 10.2 Å². The summed E-state index contributed by atoms with van der Waals surface area (Å²) in [5.74, 6) is -0.735. The van der Waals surface area contributed by atoms with Crippen molar-refractivity contribution in [2.45, 2.75) is 24.9 Å². The van der Waals surface area contributed by atoms with E-state index in [0.717, 1.165) is 13.0 Å². The van der Waals surface area contributed by atoms with E-state index in [1.54, 1.807) is 0 Å². The van der Waals surface area contributed by atoms with Crippen LogP contribution in [-0.2, 0) is 4.79 Å². The first-order valence-corrected chi connectivity index (χ1v) is 4.24. The van der Waals surface area contributed by atoms with Gasteiger partial charge < -0.3 is 15.3 Å². The summed E-state index contributed by atoms with van der Waals surface area (Å²) < 4.78 is 0. The van der Waals surface area contributed by atoms with Crippen molar-refractivity contribution < 1.29 is 9.90 Å². The van der Waals surface area contributed by atoms with Gasteiger partial charge in [0.25, 0.3) is 0 Å². The summed E-state index contributed by atoms with van der Waals surface area (Å²) in [7, 11) is 3.99. The van der Waals surface area contributed by atoms with Crippen LogP contribution < -0.4 is 5.32 Å². The normalized spacial score (nSPS) is 26.2. The Morgan fingerprint density at radius 1 is 1.43 bits per heavy atom. The molecule has 1 rings (SSSR count). The second kappa shape index (κ2) is 7.29. The smallest absolute Gasteiger partial charge is 0.320 e. The molecule has 1 saturated heterocycles. The van der Waals surface area contributed by atoms with Crippen molar-refractivity contribution in [2.75, 3.05) is 20.6 Å².